The summed E-state index contributed by atoms with van der Waals surface area (Å²) in [4.78, 5) is 5.85. The molecule has 2 unspecified atom stereocenters. The molecular weight excluding hydrogens is 474 g/mol. The molecule has 0 bridgehead atoms. The SMILES string of the molecule is O=C(O)C(F)(C(F)(F)F)C(F)(N1C(F)(F)C(F)(F)OC(F)(F)C1(F)F)C(F)(F)F. The normalized spacial score (nSPS) is 28.3. The minimum absolute atomic E-state index is 1.60. The Hall–Kier alpha value is -1.73. The number of alkyl halides is 16. The van der Waals surface area contributed by atoms with Crippen molar-refractivity contribution in [2.24, 2.45) is 0 Å². The molecule has 0 saturated carbocycles. The van der Waals surface area contributed by atoms with Gasteiger partial charge in [0.1, 0.15) is 0 Å². The van der Waals surface area contributed by atoms with Crippen LogP contribution in [0, 0.1) is 0 Å². The zero-order valence-electron chi connectivity index (χ0n) is 12.3. The molecule has 1 fully saturated rings. The number of carbonyl (C=O) groups is 1. The van der Waals surface area contributed by atoms with Gasteiger partial charge in [-0.05, 0) is 0 Å². The van der Waals surface area contributed by atoms with Crippen LogP contribution in [0.25, 0.3) is 0 Å². The molecule has 4 nitrogen and oxygen atoms in total. The van der Waals surface area contributed by atoms with Crippen molar-refractivity contribution >= 4 is 5.97 Å². The summed E-state index contributed by atoms with van der Waals surface area (Å²) in [6.45, 7) is 0. The first-order valence-electron chi connectivity index (χ1n) is 6.03. The highest BCUT2D eigenvalue weighted by Crippen LogP contribution is 2.65. The second-order valence-corrected chi connectivity index (χ2v) is 5.13. The average molecular weight is 475 g/mol. The summed E-state index contributed by atoms with van der Waals surface area (Å²) in [5.41, 5.74) is -7.95. The molecule has 0 aromatic carbocycles. The van der Waals surface area contributed by atoms with Gasteiger partial charge < -0.3 is 5.11 Å². The van der Waals surface area contributed by atoms with Crippen molar-refractivity contribution in [1.29, 1.82) is 0 Å². The Bertz CT molecular complexity index is 658. The highest BCUT2D eigenvalue weighted by Gasteiger charge is 2.96. The Labute approximate surface area is 145 Å². The Morgan fingerprint density at radius 1 is 0.690 bits per heavy atom. The second kappa shape index (κ2) is 5.91. The van der Waals surface area contributed by atoms with Crippen LogP contribution in [0.3, 0.4) is 0 Å². The number of carboxylic acid groups (broad SMARTS) is 1. The third kappa shape index (κ3) is 2.88. The summed E-state index contributed by atoms with van der Waals surface area (Å²) >= 11 is 0. The number of morpholine rings is 1. The molecule has 1 N–H and O–H groups in total. The molecule has 172 valence electrons. The molecule has 29 heavy (non-hydrogen) atoms. The molecule has 2 atom stereocenters. The zero-order valence-corrected chi connectivity index (χ0v) is 12.3. The maximum absolute atomic E-state index is 14.3. The number of halogens is 16. The number of nitrogens with zero attached hydrogens (tertiary/aromatic N) is 1. The molecule has 1 aliphatic heterocycles. The van der Waals surface area contributed by atoms with Gasteiger partial charge in [0.2, 0.25) is 0 Å². The molecule has 1 heterocycles. The van der Waals surface area contributed by atoms with E-state index in [9.17, 15) is 75.0 Å². The topological polar surface area (TPSA) is 49.8 Å². The quantitative estimate of drug-likeness (QED) is 0.490. The van der Waals surface area contributed by atoms with Crippen molar-refractivity contribution in [2.45, 2.75) is 48.1 Å². The number of ether oxygens (including phenoxy) is 1. The Morgan fingerprint density at radius 3 is 1.21 bits per heavy atom. The molecule has 0 spiro atoms. The first-order valence-corrected chi connectivity index (χ1v) is 6.03. The lowest BCUT2D eigenvalue weighted by Crippen LogP contribution is -2.86. The maximum Gasteiger partial charge on any atom is 0.441 e. The van der Waals surface area contributed by atoms with Crippen LogP contribution < -0.4 is 0 Å². The molecule has 0 aliphatic carbocycles. The van der Waals surface area contributed by atoms with Gasteiger partial charge >= 0.3 is 54.1 Å². The number of hydrogen-bond donors (Lipinski definition) is 1. The van der Waals surface area contributed by atoms with Gasteiger partial charge in [0.15, 0.2) is 0 Å². The molecule has 1 saturated heterocycles. The van der Waals surface area contributed by atoms with Gasteiger partial charge in [-0.2, -0.15) is 61.5 Å². The van der Waals surface area contributed by atoms with Crippen LogP contribution in [0.15, 0.2) is 0 Å². The van der Waals surface area contributed by atoms with Crippen molar-refractivity contribution in [2.75, 3.05) is 0 Å². The molecule has 0 aromatic heterocycles. The van der Waals surface area contributed by atoms with E-state index in [0.717, 1.165) is 0 Å². The van der Waals surface area contributed by atoms with Crippen molar-refractivity contribution in [1.82, 2.24) is 4.90 Å². The average Bonchev–Trinajstić information content (AvgIpc) is 2.40. The highest BCUT2D eigenvalue weighted by molar-refractivity contribution is 5.80. The number of rotatable bonds is 3. The van der Waals surface area contributed by atoms with E-state index >= 15 is 0 Å². The summed E-state index contributed by atoms with van der Waals surface area (Å²) in [5, 5.41) is 8.04. The molecule has 20 heteroatoms. The van der Waals surface area contributed by atoms with E-state index in [-0.39, 0.29) is 0 Å². The third-order valence-electron chi connectivity index (χ3n) is 3.34. The van der Waals surface area contributed by atoms with E-state index in [4.69, 9.17) is 5.11 Å². The van der Waals surface area contributed by atoms with Crippen molar-refractivity contribution in [3.05, 3.63) is 0 Å². The van der Waals surface area contributed by atoms with Crippen LogP contribution in [0.5, 0.6) is 0 Å². The lowest BCUT2D eigenvalue weighted by atomic mass is 9.88. The van der Waals surface area contributed by atoms with Gasteiger partial charge in [-0.1, -0.05) is 0 Å². The van der Waals surface area contributed by atoms with E-state index in [1.54, 1.807) is 4.74 Å². The fourth-order valence-electron chi connectivity index (χ4n) is 2.03. The second-order valence-electron chi connectivity index (χ2n) is 5.13. The monoisotopic (exact) mass is 475 g/mol. The third-order valence-corrected chi connectivity index (χ3v) is 3.34. The number of carboxylic acids is 1. The summed E-state index contributed by atoms with van der Waals surface area (Å²) in [5.74, 6) is -13.2. The van der Waals surface area contributed by atoms with E-state index in [0.29, 0.717) is 0 Å². The van der Waals surface area contributed by atoms with Crippen LogP contribution >= 0.6 is 0 Å². The molecule has 1 aliphatic rings. The zero-order chi connectivity index (χ0) is 23.9. The highest BCUT2D eigenvalue weighted by atomic mass is 19.4. The first-order chi connectivity index (χ1) is 12.3. The van der Waals surface area contributed by atoms with E-state index < -0.39 is 59.0 Å². The smallest absolute Gasteiger partial charge is 0.441 e. The van der Waals surface area contributed by atoms with Gasteiger partial charge in [0.05, 0.1) is 0 Å². The molecular formula is C9HF16NO3. The van der Waals surface area contributed by atoms with E-state index in [1.807, 2.05) is 0 Å². The van der Waals surface area contributed by atoms with E-state index in [2.05, 4.69) is 0 Å². The molecule has 0 amide bonds. The van der Waals surface area contributed by atoms with Crippen LogP contribution in [0.4, 0.5) is 70.2 Å². The standard InChI is InChI=1S/C9HF16NO3/c10-2(1(27)28,4(12,13)14)3(11,5(15,16)17)26-6(18,19)8(22,23)29-9(24,25)7(26,20)21/h(H,27,28). The fraction of sp³-hybridized carbons (Fsp3) is 0.889. The minimum atomic E-state index is -8.45. The van der Waals surface area contributed by atoms with Crippen molar-refractivity contribution < 1.29 is 84.9 Å². The number of aliphatic carboxylic acids is 1. The fourth-order valence-corrected chi connectivity index (χ4v) is 2.03. The first kappa shape index (κ1) is 25.3. The van der Waals surface area contributed by atoms with Crippen LogP contribution in [-0.2, 0) is 9.53 Å². The van der Waals surface area contributed by atoms with Crippen molar-refractivity contribution in [3.8, 4) is 0 Å². The Balaban J connectivity index is 4.22. The summed E-state index contributed by atoms with van der Waals surface area (Å²) in [6, 6.07) is -15.6. The lowest BCUT2D eigenvalue weighted by Gasteiger charge is -2.54. The molecule has 0 radical (unpaired) electrons. The Kier molecular flexibility index (Phi) is 5.16. The van der Waals surface area contributed by atoms with Gasteiger partial charge in [0.25, 0.3) is 0 Å². The maximum atomic E-state index is 14.3. The van der Waals surface area contributed by atoms with Crippen LogP contribution in [0.2, 0.25) is 0 Å². The summed E-state index contributed by atoms with van der Waals surface area (Å²) in [7, 11) is 0. The largest absolute Gasteiger partial charge is 0.478 e. The van der Waals surface area contributed by atoms with Gasteiger partial charge in [0, 0.05) is 0 Å². The van der Waals surface area contributed by atoms with Gasteiger partial charge in [-0.3, -0.25) is 0 Å². The number of hydrogen-bond acceptors (Lipinski definition) is 3. The predicted octanol–water partition coefficient (Wildman–Crippen LogP) is 4.27. The van der Waals surface area contributed by atoms with Crippen LogP contribution in [-0.4, -0.2) is 64.1 Å². The Morgan fingerprint density at radius 2 is 1.00 bits per heavy atom. The van der Waals surface area contributed by atoms with Gasteiger partial charge in [-0.25, -0.2) is 18.3 Å². The lowest BCUT2D eigenvalue weighted by molar-refractivity contribution is -0.594. The minimum Gasteiger partial charge on any atom is -0.478 e. The predicted molar refractivity (Wildman–Crippen MR) is 50.1 cm³/mol. The van der Waals surface area contributed by atoms with E-state index in [1.165, 1.54) is 0 Å². The summed E-state index contributed by atoms with van der Waals surface area (Å²) in [6.07, 6.45) is -30.7. The van der Waals surface area contributed by atoms with Crippen LogP contribution in [0.1, 0.15) is 0 Å². The molecule has 0 aromatic rings. The molecule has 1 rings (SSSR count). The summed E-state index contributed by atoms with van der Waals surface area (Å²) < 4.78 is 212. The van der Waals surface area contributed by atoms with Crippen molar-refractivity contribution in [3.63, 3.8) is 0 Å². The van der Waals surface area contributed by atoms with Gasteiger partial charge in [-0.15, -0.1) is 4.90 Å².